The lowest BCUT2D eigenvalue weighted by molar-refractivity contribution is 0.351. The van der Waals surface area contributed by atoms with Crippen LogP contribution in [0.1, 0.15) is 117 Å². The second kappa shape index (κ2) is 16.6. The van der Waals surface area contributed by atoms with E-state index in [-0.39, 0.29) is 11.1 Å². The number of aromatic nitrogens is 1. The van der Waals surface area contributed by atoms with Gasteiger partial charge in [0.05, 0.1) is 27.7 Å². The summed E-state index contributed by atoms with van der Waals surface area (Å²) in [5, 5.41) is 1.31. The SMILES string of the molecule is CCCCCCCCCCC(CCCCCCCC)Cn1c(=O)c2cc(Br)sc2c2sc(Br)cc2c1=O. The zero-order valence-corrected chi connectivity index (χ0v) is 27.4. The van der Waals surface area contributed by atoms with Gasteiger partial charge in [0.15, 0.2) is 0 Å². The van der Waals surface area contributed by atoms with Crippen molar-refractivity contribution in [3.05, 3.63) is 40.4 Å². The minimum absolute atomic E-state index is 0.134. The predicted octanol–water partition coefficient (Wildman–Crippen LogP) is 11.1. The lowest BCUT2D eigenvalue weighted by atomic mass is 9.93. The Morgan fingerprint density at radius 1 is 0.649 bits per heavy atom. The van der Waals surface area contributed by atoms with Crippen LogP contribution in [0.2, 0.25) is 0 Å². The fourth-order valence-electron chi connectivity index (χ4n) is 5.29. The van der Waals surface area contributed by atoms with E-state index in [1.807, 2.05) is 12.1 Å². The van der Waals surface area contributed by atoms with Crippen LogP contribution in [0.5, 0.6) is 0 Å². The molecule has 3 heterocycles. The van der Waals surface area contributed by atoms with Gasteiger partial charge in [-0.05, 0) is 62.8 Å². The van der Waals surface area contributed by atoms with Crippen LogP contribution in [-0.4, -0.2) is 4.57 Å². The van der Waals surface area contributed by atoms with Crippen molar-refractivity contribution >= 4 is 74.7 Å². The van der Waals surface area contributed by atoms with E-state index in [1.165, 1.54) is 89.9 Å². The molecular formula is C30H43Br2NO2S2. The molecule has 0 amide bonds. The first-order valence-corrected chi connectivity index (χ1v) is 17.6. The molecule has 0 aromatic carbocycles. The Labute approximate surface area is 247 Å². The number of hydrogen-bond donors (Lipinski definition) is 0. The van der Waals surface area contributed by atoms with Crippen molar-refractivity contribution in [2.75, 3.05) is 0 Å². The molecule has 0 fully saturated rings. The average Bonchev–Trinajstić information content (AvgIpc) is 3.45. The number of halogens is 2. The molecule has 0 spiro atoms. The highest BCUT2D eigenvalue weighted by molar-refractivity contribution is 9.11. The Morgan fingerprint density at radius 3 is 1.43 bits per heavy atom. The van der Waals surface area contributed by atoms with Crippen molar-refractivity contribution in [2.45, 2.75) is 123 Å². The predicted molar refractivity (Wildman–Crippen MR) is 172 cm³/mol. The van der Waals surface area contributed by atoms with Crippen LogP contribution in [0.4, 0.5) is 0 Å². The molecule has 0 N–H and O–H groups in total. The molecule has 3 aromatic heterocycles. The topological polar surface area (TPSA) is 39.1 Å². The molecule has 7 heteroatoms. The van der Waals surface area contributed by atoms with Gasteiger partial charge in [-0.15, -0.1) is 22.7 Å². The maximum atomic E-state index is 13.7. The third kappa shape index (κ3) is 9.29. The third-order valence-electron chi connectivity index (χ3n) is 7.43. The molecule has 3 aromatic rings. The van der Waals surface area contributed by atoms with E-state index in [1.54, 1.807) is 27.2 Å². The summed E-state index contributed by atoms with van der Waals surface area (Å²) in [5.41, 5.74) is -0.268. The van der Waals surface area contributed by atoms with Gasteiger partial charge in [-0.3, -0.25) is 14.2 Å². The van der Waals surface area contributed by atoms with Gasteiger partial charge in [-0.25, -0.2) is 0 Å². The number of nitrogens with zero attached hydrogens (tertiary/aromatic N) is 1. The quantitative estimate of drug-likeness (QED) is 0.126. The number of thiophene rings is 2. The van der Waals surface area contributed by atoms with Crippen molar-refractivity contribution in [3.63, 3.8) is 0 Å². The minimum Gasteiger partial charge on any atom is -0.274 e. The fourth-order valence-corrected chi connectivity index (χ4v) is 8.63. The molecule has 0 aliphatic carbocycles. The van der Waals surface area contributed by atoms with Gasteiger partial charge in [0.25, 0.3) is 11.1 Å². The molecule has 1 unspecified atom stereocenters. The smallest absolute Gasteiger partial charge is 0.262 e. The molecule has 0 radical (unpaired) electrons. The summed E-state index contributed by atoms with van der Waals surface area (Å²) >= 11 is 10.2. The van der Waals surface area contributed by atoms with E-state index in [2.05, 4.69) is 45.7 Å². The Balaban J connectivity index is 1.77. The van der Waals surface area contributed by atoms with Gasteiger partial charge in [-0.2, -0.15) is 0 Å². The first-order chi connectivity index (χ1) is 18.0. The Morgan fingerprint density at radius 2 is 1.03 bits per heavy atom. The minimum atomic E-state index is -0.134. The van der Waals surface area contributed by atoms with Gasteiger partial charge < -0.3 is 0 Å². The van der Waals surface area contributed by atoms with E-state index < -0.39 is 0 Å². The van der Waals surface area contributed by atoms with E-state index in [9.17, 15) is 9.59 Å². The van der Waals surface area contributed by atoms with Crippen molar-refractivity contribution < 1.29 is 0 Å². The summed E-state index contributed by atoms with van der Waals surface area (Å²) in [6.07, 6.45) is 20.2. The highest BCUT2D eigenvalue weighted by Crippen LogP contribution is 2.37. The molecule has 0 bridgehead atoms. The summed E-state index contributed by atoms with van der Waals surface area (Å²) in [5.74, 6) is 0.369. The maximum Gasteiger partial charge on any atom is 0.262 e. The second-order valence-corrected chi connectivity index (χ2v) is 15.4. The van der Waals surface area contributed by atoms with Gasteiger partial charge >= 0.3 is 0 Å². The first-order valence-electron chi connectivity index (χ1n) is 14.4. The lowest BCUT2D eigenvalue weighted by Crippen LogP contribution is -2.33. The molecule has 0 aliphatic heterocycles. The molecule has 3 rings (SSSR count). The Kier molecular flexibility index (Phi) is 13.9. The third-order valence-corrected chi connectivity index (χ3v) is 10.9. The van der Waals surface area contributed by atoms with Crippen molar-refractivity contribution in [3.8, 4) is 0 Å². The van der Waals surface area contributed by atoms with Gasteiger partial charge in [0.1, 0.15) is 0 Å². The molecule has 0 aliphatic rings. The number of rotatable bonds is 18. The van der Waals surface area contributed by atoms with E-state index >= 15 is 0 Å². The molecule has 0 saturated carbocycles. The second-order valence-electron chi connectivity index (χ2n) is 10.5. The van der Waals surface area contributed by atoms with Crippen LogP contribution >= 0.6 is 54.5 Å². The molecular weight excluding hydrogens is 630 g/mol. The number of unbranched alkanes of at least 4 members (excludes halogenated alkanes) is 12. The number of fused-ring (bicyclic) bond motifs is 3. The Hall–Kier alpha value is -0.500. The monoisotopic (exact) mass is 671 g/mol. The lowest BCUT2D eigenvalue weighted by Gasteiger charge is -2.17. The van der Waals surface area contributed by atoms with Gasteiger partial charge in [0, 0.05) is 6.54 Å². The summed E-state index contributed by atoms with van der Waals surface area (Å²) in [6.45, 7) is 5.05. The molecule has 1 atom stereocenters. The van der Waals surface area contributed by atoms with Crippen LogP contribution < -0.4 is 11.1 Å². The van der Waals surface area contributed by atoms with Crippen molar-refractivity contribution in [1.29, 1.82) is 0 Å². The first kappa shape index (κ1) is 31.0. The zero-order chi connectivity index (χ0) is 26.6. The number of hydrogen-bond acceptors (Lipinski definition) is 4. The van der Waals surface area contributed by atoms with Crippen molar-refractivity contribution in [2.24, 2.45) is 5.92 Å². The Bertz CT molecular complexity index is 1160. The van der Waals surface area contributed by atoms with Crippen LogP contribution in [0, 0.1) is 5.92 Å². The molecule has 206 valence electrons. The van der Waals surface area contributed by atoms with Gasteiger partial charge in [0.2, 0.25) is 0 Å². The summed E-state index contributed by atoms with van der Waals surface area (Å²) in [4.78, 5) is 27.4. The van der Waals surface area contributed by atoms with E-state index in [0.717, 1.165) is 29.8 Å². The van der Waals surface area contributed by atoms with Crippen LogP contribution in [0.15, 0.2) is 29.3 Å². The largest absolute Gasteiger partial charge is 0.274 e. The summed E-state index contributed by atoms with van der Waals surface area (Å²) in [7, 11) is 0. The standard InChI is InChI=1S/C30H43Br2NO2S2/c1-3-5-7-9-11-12-14-16-18-22(17-15-13-10-8-6-4-2)21-33-29(34)23-19-25(31)36-27(23)28-24(30(33)35)20-26(32)37-28/h19-20,22H,3-18,21H2,1-2H3. The normalized spacial score (nSPS) is 12.6. The van der Waals surface area contributed by atoms with Crippen molar-refractivity contribution in [1.82, 2.24) is 4.57 Å². The average molecular weight is 674 g/mol. The zero-order valence-electron chi connectivity index (χ0n) is 22.6. The maximum absolute atomic E-state index is 13.7. The van der Waals surface area contributed by atoms with E-state index in [0.29, 0.717) is 23.2 Å². The van der Waals surface area contributed by atoms with Crippen LogP contribution in [0.25, 0.3) is 20.2 Å². The fraction of sp³-hybridized carbons (Fsp3) is 0.667. The highest BCUT2D eigenvalue weighted by Gasteiger charge is 2.19. The van der Waals surface area contributed by atoms with Gasteiger partial charge in [-0.1, -0.05) is 104 Å². The van der Waals surface area contributed by atoms with E-state index in [4.69, 9.17) is 0 Å². The van der Waals surface area contributed by atoms with Crippen LogP contribution in [0.3, 0.4) is 0 Å². The molecule has 0 saturated heterocycles. The summed E-state index contributed by atoms with van der Waals surface area (Å²) < 4.78 is 5.24. The van der Waals surface area contributed by atoms with Crippen LogP contribution in [-0.2, 0) is 6.54 Å². The summed E-state index contributed by atoms with van der Waals surface area (Å²) in [6, 6.07) is 3.79. The molecule has 3 nitrogen and oxygen atoms in total. The molecule has 37 heavy (non-hydrogen) atoms. The highest BCUT2D eigenvalue weighted by atomic mass is 79.9.